The van der Waals surface area contributed by atoms with E-state index >= 15 is 0 Å². The lowest BCUT2D eigenvalue weighted by molar-refractivity contribution is 0.0964. The Kier molecular flexibility index (Phi) is 3.77. The van der Waals surface area contributed by atoms with Crippen molar-refractivity contribution in [2.24, 2.45) is 5.73 Å². The molecule has 4 N–H and O–H groups in total. The van der Waals surface area contributed by atoms with Gasteiger partial charge in [-0.25, -0.2) is 9.50 Å². The summed E-state index contributed by atoms with van der Waals surface area (Å²) in [6.07, 6.45) is 1.50. The van der Waals surface area contributed by atoms with Crippen molar-refractivity contribution in [1.29, 1.82) is 0 Å². The average molecular weight is 384 g/mol. The normalized spacial score (nSPS) is 12.6. The molecular formula is C21H16N6O2. The first-order valence-electron chi connectivity index (χ1n) is 9.01. The number of nitrogens with one attached hydrogen (secondary N) is 2. The van der Waals surface area contributed by atoms with E-state index in [-0.39, 0.29) is 5.91 Å². The van der Waals surface area contributed by atoms with Crippen LogP contribution in [0.1, 0.15) is 26.3 Å². The molecular weight excluding hydrogens is 368 g/mol. The Morgan fingerprint density at radius 3 is 2.72 bits per heavy atom. The van der Waals surface area contributed by atoms with Crippen molar-refractivity contribution in [3.8, 4) is 11.3 Å². The lowest BCUT2D eigenvalue weighted by Gasteiger charge is -2.11. The highest BCUT2D eigenvalue weighted by Crippen LogP contribution is 2.29. The summed E-state index contributed by atoms with van der Waals surface area (Å²) in [5.74, 6) is -0.508. The Bertz CT molecular complexity index is 1280. The predicted molar refractivity (Wildman–Crippen MR) is 108 cm³/mol. The molecule has 0 bridgehead atoms. The first-order valence-corrected chi connectivity index (χ1v) is 9.01. The molecule has 1 aliphatic rings. The maximum Gasteiger partial charge on any atom is 0.251 e. The van der Waals surface area contributed by atoms with Gasteiger partial charge in [0.25, 0.3) is 5.91 Å². The Morgan fingerprint density at radius 2 is 1.93 bits per heavy atom. The van der Waals surface area contributed by atoms with Crippen LogP contribution in [0.2, 0.25) is 0 Å². The lowest BCUT2D eigenvalue weighted by atomic mass is 10.0. The zero-order chi connectivity index (χ0) is 20.0. The van der Waals surface area contributed by atoms with E-state index in [1.807, 2.05) is 30.3 Å². The van der Waals surface area contributed by atoms with Gasteiger partial charge in [-0.2, -0.15) is 5.10 Å². The fourth-order valence-corrected chi connectivity index (χ4v) is 3.49. The van der Waals surface area contributed by atoms with Gasteiger partial charge in [-0.15, -0.1) is 0 Å². The van der Waals surface area contributed by atoms with Gasteiger partial charge < -0.3 is 16.4 Å². The molecule has 0 saturated carbocycles. The molecule has 29 heavy (non-hydrogen) atoms. The van der Waals surface area contributed by atoms with Crippen LogP contribution >= 0.6 is 0 Å². The van der Waals surface area contributed by atoms with Crippen LogP contribution in [0.3, 0.4) is 0 Å². The van der Waals surface area contributed by atoms with Crippen molar-refractivity contribution >= 4 is 28.8 Å². The maximum absolute atomic E-state index is 11.8. The van der Waals surface area contributed by atoms with Gasteiger partial charge in [-0.1, -0.05) is 6.07 Å². The number of benzene rings is 2. The highest BCUT2D eigenvalue weighted by atomic mass is 16.2. The molecule has 0 unspecified atom stereocenters. The number of rotatable bonds is 4. The quantitative estimate of drug-likeness (QED) is 0.500. The molecule has 0 aliphatic carbocycles. The molecule has 4 aromatic rings. The van der Waals surface area contributed by atoms with E-state index in [4.69, 9.17) is 5.73 Å². The number of nitrogens with two attached hydrogens (primary N) is 1. The summed E-state index contributed by atoms with van der Waals surface area (Å²) >= 11 is 0. The van der Waals surface area contributed by atoms with Crippen molar-refractivity contribution in [3.05, 3.63) is 77.6 Å². The lowest BCUT2D eigenvalue weighted by Crippen LogP contribution is -2.12. The largest absolute Gasteiger partial charge is 0.366 e. The van der Waals surface area contributed by atoms with Crippen LogP contribution in [0, 0.1) is 0 Å². The van der Waals surface area contributed by atoms with Gasteiger partial charge in [0.2, 0.25) is 5.91 Å². The predicted octanol–water partition coefficient (Wildman–Crippen LogP) is 2.48. The van der Waals surface area contributed by atoms with Crippen molar-refractivity contribution < 1.29 is 9.59 Å². The first kappa shape index (κ1) is 16.9. The van der Waals surface area contributed by atoms with Crippen LogP contribution in [0.5, 0.6) is 0 Å². The Balaban J connectivity index is 1.52. The standard InChI is InChI=1S/C21H16N6O2/c22-19(28)12-1-4-15(5-2-12)26-17-7-8-18(27-20(17)24-11-25-27)13-3-6-16-14(9-13)10-23-21(16)29/h1-9,11,26H,10H2,(H2,22,28)(H,23,29). The summed E-state index contributed by atoms with van der Waals surface area (Å²) in [6.45, 7) is 0.531. The van der Waals surface area contributed by atoms with Crippen LogP contribution < -0.4 is 16.4 Å². The minimum absolute atomic E-state index is 0.0423. The monoisotopic (exact) mass is 384 g/mol. The molecule has 2 aromatic heterocycles. The third-order valence-electron chi connectivity index (χ3n) is 4.96. The number of hydrogen-bond donors (Lipinski definition) is 3. The third-order valence-corrected chi connectivity index (χ3v) is 4.96. The number of fused-ring (bicyclic) bond motifs is 2. The first-order chi connectivity index (χ1) is 14.1. The van der Waals surface area contributed by atoms with E-state index in [1.165, 1.54) is 6.33 Å². The Labute approximate surface area is 165 Å². The molecule has 3 heterocycles. The van der Waals surface area contributed by atoms with Crippen molar-refractivity contribution in [3.63, 3.8) is 0 Å². The summed E-state index contributed by atoms with van der Waals surface area (Å²) in [6, 6.07) is 16.5. The topological polar surface area (TPSA) is 114 Å². The SMILES string of the molecule is NC(=O)c1ccc(Nc2ccc(-c3ccc4c(c3)CNC4=O)n3ncnc23)cc1. The average Bonchev–Trinajstić information content (AvgIpc) is 3.36. The number of pyridine rings is 1. The van der Waals surface area contributed by atoms with Crippen LogP contribution in [0.25, 0.3) is 16.9 Å². The smallest absolute Gasteiger partial charge is 0.251 e. The van der Waals surface area contributed by atoms with Crippen molar-refractivity contribution in [2.45, 2.75) is 6.54 Å². The molecule has 5 rings (SSSR count). The van der Waals surface area contributed by atoms with Gasteiger partial charge in [0, 0.05) is 28.9 Å². The number of carbonyl (C=O) groups excluding carboxylic acids is 2. The second kappa shape index (κ2) is 6.45. The molecule has 8 heteroatoms. The van der Waals surface area contributed by atoms with E-state index < -0.39 is 5.91 Å². The molecule has 1 aliphatic heterocycles. The molecule has 142 valence electrons. The maximum atomic E-state index is 11.8. The highest BCUT2D eigenvalue weighted by Gasteiger charge is 2.20. The summed E-state index contributed by atoms with van der Waals surface area (Å²) in [7, 11) is 0. The molecule has 2 aromatic carbocycles. The number of aromatic nitrogens is 3. The Hall–Kier alpha value is -4.20. The molecule has 0 atom stereocenters. The van der Waals surface area contributed by atoms with E-state index in [0.717, 1.165) is 28.2 Å². The minimum atomic E-state index is -0.466. The summed E-state index contributed by atoms with van der Waals surface area (Å²) in [5.41, 5.74) is 11.5. The van der Waals surface area contributed by atoms with Gasteiger partial charge in [0.05, 0.1) is 11.4 Å². The molecule has 0 spiro atoms. The summed E-state index contributed by atoms with van der Waals surface area (Å²) in [4.78, 5) is 27.4. The second-order valence-corrected chi connectivity index (χ2v) is 6.75. The number of carbonyl (C=O) groups is 2. The molecule has 2 amide bonds. The van der Waals surface area contributed by atoms with Crippen LogP contribution in [-0.4, -0.2) is 26.4 Å². The van der Waals surface area contributed by atoms with Crippen molar-refractivity contribution in [1.82, 2.24) is 19.9 Å². The van der Waals surface area contributed by atoms with Gasteiger partial charge in [-0.05, 0) is 54.1 Å². The van der Waals surface area contributed by atoms with E-state index in [2.05, 4.69) is 20.7 Å². The number of nitrogens with zero attached hydrogens (tertiary/aromatic N) is 3. The molecule has 0 saturated heterocycles. The van der Waals surface area contributed by atoms with Crippen LogP contribution in [0.4, 0.5) is 11.4 Å². The van der Waals surface area contributed by atoms with Crippen LogP contribution in [-0.2, 0) is 6.54 Å². The highest BCUT2D eigenvalue weighted by molar-refractivity contribution is 5.99. The molecule has 8 nitrogen and oxygen atoms in total. The number of primary amides is 1. The van der Waals surface area contributed by atoms with Gasteiger partial charge in [0.15, 0.2) is 5.65 Å². The third kappa shape index (κ3) is 2.87. The Morgan fingerprint density at radius 1 is 1.10 bits per heavy atom. The molecule has 0 fully saturated rings. The van der Waals surface area contributed by atoms with Crippen LogP contribution in [0.15, 0.2) is 60.9 Å². The zero-order valence-corrected chi connectivity index (χ0v) is 15.2. The van der Waals surface area contributed by atoms with E-state index in [9.17, 15) is 9.59 Å². The van der Waals surface area contributed by atoms with Gasteiger partial charge in [0.1, 0.15) is 6.33 Å². The summed E-state index contributed by atoms with van der Waals surface area (Å²) in [5, 5.41) is 10.5. The van der Waals surface area contributed by atoms with E-state index in [1.54, 1.807) is 28.8 Å². The number of hydrogen-bond acceptors (Lipinski definition) is 5. The van der Waals surface area contributed by atoms with E-state index in [0.29, 0.717) is 23.3 Å². The fourth-order valence-electron chi connectivity index (χ4n) is 3.49. The second-order valence-electron chi connectivity index (χ2n) is 6.75. The fraction of sp³-hybridized carbons (Fsp3) is 0.0476. The number of anilines is 2. The summed E-state index contributed by atoms with van der Waals surface area (Å²) < 4.78 is 1.76. The van der Waals surface area contributed by atoms with Gasteiger partial charge >= 0.3 is 0 Å². The number of amides is 2. The zero-order valence-electron chi connectivity index (χ0n) is 15.2. The molecule has 0 radical (unpaired) electrons. The minimum Gasteiger partial charge on any atom is -0.366 e. The van der Waals surface area contributed by atoms with Gasteiger partial charge in [-0.3, -0.25) is 9.59 Å². The van der Waals surface area contributed by atoms with Crippen molar-refractivity contribution in [2.75, 3.05) is 5.32 Å².